The minimum atomic E-state index is 0.136. The van der Waals surface area contributed by atoms with Gasteiger partial charge in [-0.15, -0.1) is 22.7 Å². The Hall–Kier alpha value is 0.250. The van der Waals surface area contributed by atoms with Crippen LogP contribution in [0.5, 0.6) is 0 Å². The summed E-state index contributed by atoms with van der Waals surface area (Å²) in [5.74, 6) is 0. The Bertz CT molecular complexity index is 611. The minimum absolute atomic E-state index is 0.136. The third kappa shape index (κ3) is 2.70. The molecule has 0 fully saturated rings. The van der Waals surface area contributed by atoms with Crippen molar-refractivity contribution in [2.45, 2.75) is 32.7 Å². The monoisotopic (exact) mass is 420 g/mol. The van der Waals surface area contributed by atoms with Gasteiger partial charge in [-0.3, -0.25) is 0 Å². The molecule has 1 atom stereocenters. The Labute approximate surface area is 137 Å². The van der Waals surface area contributed by atoms with Gasteiger partial charge < -0.3 is 5.73 Å². The first kappa shape index (κ1) is 14.2. The van der Waals surface area contributed by atoms with E-state index in [0.717, 1.165) is 26.1 Å². The van der Waals surface area contributed by atoms with Gasteiger partial charge in [0, 0.05) is 15.4 Å². The van der Waals surface area contributed by atoms with Gasteiger partial charge in [0.05, 0.1) is 14.4 Å². The molecule has 1 unspecified atom stereocenters. The van der Waals surface area contributed by atoms with E-state index in [0.29, 0.717) is 0 Å². The molecule has 2 nitrogen and oxygen atoms in total. The smallest absolute Gasteiger partial charge is 0.134 e. The van der Waals surface area contributed by atoms with Gasteiger partial charge in [-0.2, -0.15) is 0 Å². The van der Waals surface area contributed by atoms with Crippen LogP contribution < -0.4 is 5.73 Å². The molecule has 0 radical (unpaired) electrons. The standard InChI is InChI=1S/C13H14Br2N2S2/c1-13(2)4-7(16)10-8(5-13)17-12(19-10)9-3-6(14)11(15)18-9/h3,7H,4-5,16H2,1-2H3. The summed E-state index contributed by atoms with van der Waals surface area (Å²) < 4.78 is 2.20. The molecule has 0 aliphatic heterocycles. The van der Waals surface area contributed by atoms with Crippen molar-refractivity contribution in [3.05, 3.63) is 24.9 Å². The normalized spacial score (nSPS) is 21.4. The quantitative estimate of drug-likeness (QED) is 0.672. The number of fused-ring (bicyclic) bond motifs is 1. The van der Waals surface area contributed by atoms with Gasteiger partial charge in [0.25, 0.3) is 0 Å². The van der Waals surface area contributed by atoms with Gasteiger partial charge in [0.1, 0.15) is 5.01 Å². The molecule has 0 saturated heterocycles. The Kier molecular flexibility index (Phi) is 3.67. The zero-order valence-electron chi connectivity index (χ0n) is 10.7. The molecule has 0 bridgehead atoms. The number of rotatable bonds is 1. The molecule has 3 rings (SSSR count). The highest BCUT2D eigenvalue weighted by Crippen LogP contribution is 2.46. The number of halogens is 2. The lowest BCUT2D eigenvalue weighted by atomic mass is 9.77. The predicted molar refractivity (Wildman–Crippen MR) is 89.9 cm³/mol. The van der Waals surface area contributed by atoms with Crippen molar-refractivity contribution in [2.75, 3.05) is 0 Å². The molecular weight excluding hydrogens is 408 g/mol. The lowest BCUT2D eigenvalue weighted by Crippen LogP contribution is -2.28. The lowest BCUT2D eigenvalue weighted by molar-refractivity contribution is 0.282. The van der Waals surface area contributed by atoms with Crippen LogP contribution in [0.3, 0.4) is 0 Å². The highest BCUT2D eigenvalue weighted by atomic mass is 79.9. The first-order valence-corrected chi connectivity index (χ1v) is 9.28. The van der Waals surface area contributed by atoms with Gasteiger partial charge in [0.15, 0.2) is 0 Å². The molecule has 2 aromatic heterocycles. The molecule has 0 saturated carbocycles. The lowest BCUT2D eigenvalue weighted by Gasteiger charge is -2.32. The second-order valence-corrected chi connectivity index (χ2v) is 9.97. The van der Waals surface area contributed by atoms with E-state index in [2.05, 4.69) is 51.8 Å². The number of nitrogens with two attached hydrogens (primary N) is 1. The van der Waals surface area contributed by atoms with Gasteiger partial charge >= 0.3 is 0 Å². The molecule has 0 amide bonds. The summed E-state index contributed by atoms with van der Waals surface area (Å²) in [7, 11) is 0. The highest BCUT2D eigenvalue weighted by molar-refractivity contribution is 9.13. The van der Waals surface area contributed by atoms with Crippen LogP contribution in [-0.4, -0.2) is 4.98 Å². The first-order valence-electron chi connectivity index (χ1n) is 6.06. The van der Waals surface area contributed by atoms with Crippen LogP contribution >= 0.6 is 54.5 Å². The van der Waals surface area contributed by atoms with Crippen LogP contribution in [0.15, 0.2) is 14.3 Å². The third-order valence-corrected chi connectivity index (χ3v) is 7.99. The van der Waals surface area contributed by atoms with E-state index in [-0.39, 0.29) is 11.5 Å². The first-order chi connectivity index (χ1) is 8.85. The Morgan fingerprint density at radius 1 is 1.37 bits per heavy atom. The number of hydrogen-bond acceptors (Lipinski definition) is 4. The van der Waals surface area contributed by atoms with Crippen molar-refractivity contribution in [3.8, 4) is 9.88 Å². The molecule has 2 aromatic rings. The number of thiophene rings is 1. The summed E-state index contributed by atoms with van der Waals surface area (Å²) >= 11 is 10.5. The van der Waals surface area contributed by atoms with Gasteiger partial charge in [-0.1, -0.05) is 13.8 Å². The predicted octanol–water partition coefficient (Wildman–Crippen LogP) is 5.37. The molecule has 2 heterocycles. The zero-order chi connectivity index (χ0) is 13.8. The van der Waals surface area contributed by atoms with E-state index in [9.17, 15) is 0 Å². The van der Waals surface area contributed by atoms with Crippen molar-refractivity contribution in [2.24, 2.45) is 11.1 Å². The van der Waals surface area contributed by atoms with Crippen LogP contribution in [0.4, 0.5) is 0 Å². The van der Waals surface area contributed by atoms with Crippen LogP contribution in [0.2, 0.25) is 0 Å². The van der Waals surface area contributed by atoms with E-state index in [1.165, 1.54) is 15.4 Å². The molecule has 1 aliphatic rings. The zero-order valence-corrected chi connectivity index (χ0v) is 15.5. The average Bonchev–Trinajstić information content (AvgIpc) is 2.82. The maximum atomic E-state index is 6.30. The summed E-state index contributed by atoms with van der Waals surface area (Å²) in [5, 5.41) is 1.09. The fourth-order valence-corrected chi connectivity index (χ4v) is 5.71. The Morgan fingerprint density at radius 3 is 2.74 bits per heavy atom. The largest absolute Gasteiger partial charge is 0.323 e. The van der Waals surface area contributed by atoms with Gasteiger partial charge in [0.2, 0.25) is 0 Å². The molecular formula is C13H14Br2N2S2. The van der Waals surface area contributed by atoms with Gasteiger partial charge in [-0.05, 0) is 56.2 Å². The number of nitrogens with zero attached hydrogens (tertiary/aromatic N) is 1. The fourth-order valence-electron chi connectivity index (χ4n) is 2.55. The average molecular weight is 422 g/mol. The topological polar surface area (TPSA) is 38.9 Å². The maximum Gasteiger partial charge on any atom is 0.134 e. The van der Waals surface area contributed by atoms with Crippen LogP contribution in [0, 0.1) is 5.41 Å². The maximum absolute atomic E-state index is 6.30. The minimum Gasteiger partial charge on any atom is -0.323 e. The van der Waals surface area contributed by atoms with Crippen molar-refractivity contribution >= 4 is 54.5 Å². The van der Waals surface area contributed by atoms with E-state index in [1.807, 2.05) is 0 Å². The van der Waals surface area contributed by atoms with Crippen molar-refractivity contribution in [1.29, 1.82) is 0 Å². The van der Waals surface area contributed by atoms with E-state index in [4.69, 9.17) is 10.7 Å². The summed E-state index contributed by atoms with van der Waals surface area (Å²) in [6.07, 6.45) is 2.07. The molecule has 0 aromatic carbocycles. The third-order valence-electron chi connectivity index (χ3n) is 3.34. The van der Waals surface area contributed by atoms with E-state index >= 15 is 0 Å². The number of thiazole rings is 1. The molecule has 0 spiro atoms. The number of hydrogen-bond donors (Lipinski definition) is 1. The van der Waals surface area contributed by atoms with E-state index < -0.39 is 0 Å². The fraction of sp³-hybridized carbons (Fsp3) is 0.462. The summed E-state index contributed by atoms with van der Waals surface area (Å²) in [5.41, 5.74) is 7.76. The molecule has 1 aliphatic carbocycles. The Balaban J connectivity index is 2.03. The summed E-state index contributed by atoms with van der Waals surface area (Å²) in [6.45, 7) is 4.54. The van der Waals surface area contributed by atoms with Crippen molar-refractivity contribution in [3.63, 3.8) is 0 Å². The second kappa shape index (κ2) is 4.91. The van der Waals surface area contributed by atoms with Crippen molar-refractivity contribution < 1.29 is 0 Å². The second-order valence-electron chi connectivity index (χ2n) is 5.71. The highest BCUT2D eigenvalue weighted by Gasteiger charge is 2.33. The molecule has 6 heteroatoms. The summed E-state index contributed by atoms with van der Waals surface area (Å²) in [6, 6.07) is 2.26. The molecule has 19 heavy (non-hydrogen) atoms. The SMILES string of the molecule is CC1(C)Cc2nc(-c3cc(Br)c(Br)s3)sc2C(N)C1. The van der Waals surface area contributed by atoms with Crippen LogP contribution in [0.25, 0.3) is 9.88 Å². The number of aromatic nitrogens is 1. The molecule has 2 N–H and O–H groups in total. The summed E-state index contributed by atoms with van der Waals surface area (Å²) in [4.78, 5) is 7.30. The van der Waals surface area contributed by atoms with Gasteiger partial charge in [-0.25, -0.2) is 4.98 Å². The van der Waals surface area contributed by atoms with Crippen molar-refractivity contribution in [1.82, 2.24) is 4.98 Å². The van der Waals surface area contributed by atoms with Crippen LogP contribution in [0.1, 0.15) is 36.9 Å². The van der Waals surface area contributed by atoms with Crippen LogP contribution in [-0.2, 0) is 6.42 Å². The molecule has 102 valence electrons. The van der Waals surface area contributed by atoms with E-state index in [1.54, 1.807) is 22.7 Å². The Morgan fingerprint density at radius 2 is 2.11 bits per heavy atom.